The molecule has 0 saturated heterocycles. The van der Waals surface area contributed by atoms with Crippen molar-refractivity contribution in [2.45, 2.75) is 57.8 Å². The molecule has 6 nitrogen and oxygen atoms in total. The largest absolute Gasteiger partial charge is 0.319 e. The van der Waals surface area contributed by atoms with Gasteiger partial charge in [0.1, 0.15) is 0 Å². The van der Waals surface area contributed by atoms with Crippen molar-refractivity contribution >= 4 is 11.6 Å². The van der Waals surface area contributed by atoms with Gasteiger partial charge in [-0.05, 0) is 82.3 Å². The average molecular weight is 430 g/mol. The standard InChI is InChI=1S/C26H31N5O/c1-16-23(17(2)30(3)28-16)27-25(32)22-15-31(21-7-5-4-6-8-21)29-24(22)26-12-18-9-19(13-26)11-20(10-18)14-26/h4-8,15,18-20H,9-14H2,1-3H3,(H,27,32). The van der Waals surface area contributed by atoms with Crippen molar-refractivity contribution in [3.8, 4) is 5.69 Å². The smallest absolute Gasteiger partial charge is 0.259 e. The van der Waals surface area contributed by atoms with E-state index in [0.717, 1.165) is 51.8 Å². The van der Waals surface area contributed by atoms with Gasteiger partial charge in [-0.15, -0.1) is 0 Å². The van der Waals surface area contributed by atoms with Crippen LogP contribution in [-0.4, -0.2) is 25.5 Å². The highest BCUT2D eigenvalue weighted by Crippen LogP contribution is 2.60. The maximum Gasteiger partial charge on any atom is 0.259 e. The first-order chi connectivity index (χ1) is 15.4. The monoisotopic (exact) mass is 429 g/mol. The van der Waals surface area contributed by atoms with Crippen LogP contribution >= 0.6 is 0 Å². The predicted octanol–water partition coefficient (Wildman–Crippen LogP) is 4.94. The van der Waals surface area contributed by atoms with Gasteiger partial charge in [0.15, 0.2) is 0 Å². The molecule has 4 bridgehead atoms. The van der Waals surface area contributed by atoms with Crippen LogP contribution in [0.3, 0.4) is 0 Å². The van der Waals surface area contributed by atoms with E-state index in [9.17, 15) is 4.79 Å². The Balaban J connectivity index is 1.44. The third-order valence-electron chi connectivity index (χ3n) is 8.27. The summed E-state index contributed by atoms with van der Waals surface area (Å²) in [5, 5.41) is 12.8. The Morgan fingerprint density at radius 2 is 1.62 bits per heavy atom. The molecule has 6 heteroatoms. The van der Waals surface area contributed by atoms with Gasteiger partial charge < -0.3 is 5.32 Å². The van der Waals surface area contributed by atoms with Crippen LogP contribution in [0.2, 0.25) is 0 Å². The summed E-state index contributed by atoms with van der Waals surface area (Å²) >= 11 is 0. The van der Waals surface area contributed by atoms with E-state index in [1.165, 1.54) is 38.5 Å². The highest BCUT2D eigenvalue weighted by Gasteiger charge is 2.54. The first-order valence-electron chi connectivity index (χ1n) is 11.9. The molecule has 0 spiro atoms. The number of anilines is 1. The van der Waals surface area contributed by atoms with Crippen LogP contribution in [0.4, 0.5) is 5.69 Å². The minimum Gasteiger partial charge on any atom is -0.319 e. The summed E-state index contributed by atoms with van der Waals surface area (Å²) < 4.78 is 3.73. The summed E-state index contributed by atoms with van der Waals surface area (Å²) in [6, 6.07) is 10.1. The van der Waals surface area contributed by atoms with Gasteiger partial charge in [-0.3, -0.25) is 9.48 Å². The Morgan fingerprint density at radius 3 is 2.19 bits per heavy atom. The van der Waals surface area contributed by atoms with Gasteiger partial charge in [0.25, 0.3) is 5.91 Å². The molecule has 4 saturated carbocycles. The topological polar surface area (TPSA) is 64.7 Å². The first kappa shape index (κ1) is 19.8. The molecule has 2 heterocycles. The summed E-state index contributed by atoms with van der Waals surface area (Å²) in [4.78, 5) is 13.7. The van der Waals surface area contributed by atoms with Gasteiger partial charge in [0, 0.05) is 18.7 Å². The number of rotatable bonds is 4. The fourth-order valence-electron chi connectivity index (χ4n) is 7.18. The van der Waals surface area contributed by atoms with E-state index >= 15 is 0 Å². The normalized spacial score (nSPS) is 28.3. The Hall–Kier alpha value is -2.89. The number of hydrogen-bond acceptors (Lipinski definition) is 3. The Labute approximate surface area is 189 Å². The van der Waals surface area contributed by atoms with E-state index in [1.807, 2.05) is 66.8 Å². The second-order valence-electron chi connectivity index (χ2n) is 10.5. The van der Waals surface area contributed by atoms with Crippen molar-refractivity contribution < 1.29 is 4.79 Å². The van der Waals surface area contributed by atoms with Crippen molar-refractivity contribution in [3.63, 3.8) is 0 Å². The molecule has 3 aromatic rings. The molecule has 32 heavy (non-hydrogen) atoms. The fraction of sp³-hybridized carbons (Fsp3) is 0.500. The number of amides is 1. The molecule has 7 rings (SSSR count). The lowest BCUT2D eigenvalue weighted by Gasteiger charge is -2.56. The van der Waals surface area contributed by atoms with Crippen LogP contribution < -0.4 is 5.32 Å². The summed E-state index contributed by atoms with van der Waals surface area (Å²) in [5.74, 6) is 2.31. The Bertz CT molecular complexity index is 1150. The zero-order valence-corrected chi connectivity index (χ0v) is 19.1. The SMILES string of the molecule is Cc1nn(C)c(C)c1NC(=O)c1cn(-c2ccccc2)nc1C12CC3CC(CC(C3)C1)C2. The Kier molecular flexibility index (Phi) is 4.36. The van der Waals surface area contributed by atoms with Gasteiger partial charge in [0.2, 0.25) is 0 Å². The van der Waals surface area contributed by atoms with E-state index in [-0.39, 0.29) is 11.3 Å². The number of carbonyl (C=O) groups is 1. The van der Waals surface area contributed by atoms with E-state index in [2.05, 4.69) is 10.4 Å². The third-order valence-corrected chi connectivity index (χ3v) is 8.27. The molecule has 4 fully saturated rings. The quantitative estimate of drug-likeness (QED) is 0.639. The molecule has 4 aliphatic carbocycles. The van der Waals surface area contributed by atoms with Crippen molar-refractivity contribution in [2.24, 2.45) is 24.8 Å². The number of nitrogens with one attached hydrogen (secondary N) is 1. The van der Waals surface area contributed by atoms with Crippen molar-refractivity contribution in [1.29, 1.82) is 0 Å². The number of hydrogen-bond donors (Lipinski definition) is 1. The minimum atomic E-state index is -0.0721. The maximum atomic E-state index is 13.7. The zero-order valence-electron chi connectivity index (χ0n) is 19.1. The molecule has 0 atom stereocenters. The molecule has 0 radical (unpaired) electrons. The van der Waals surface area contributed by atoms with Gasteiger partial charge >= 0.3 is 0 Å². The molecular weight excluding hydrogens is 398 g/mol. The van der Waals surface area contributed by atoms with Gasteiger partial charge in [-0.25, -0.2) is 4.68 Å². The number of benzene rings is 1. The fourth-order valence-corrected chi connectivity index (χ4v) is 7.18. The molecule has 1 N–H and O–H groups in total. The van der Waals surface area contributed by atoms with Crippen LogP contribution in [0, 0.1) is 31.6 Å². The minimum absolute atomic E-state index is 0.0421. The van der Waals surface area contributed by atoms with Crippen molar-refractivity contribution in [1.82, 2.24) is 19.6 Å². The lowest BCUT2D eigenvalue weighted by Crippen LogP contribution is -2.49. The summed E-state index contributed by atoms with van der Waals surface area (Å²) in [7, 11) is 1.91. The molecule has 0 unspecified atom stereocenters. The van der Waals surface area contributed by atoms with Crippen LogP contribution in [0.1, 0.15) is 66.0 Å². The van der Waals surface area contributed by atoms with Gasteiger partial charge in [0.05, 0.1) is 34.0 Å². The summed E-state index contributed by atoms with van der Waals surface area (Å²) in [6.07, 6.45) is 9.58. The lowest BCUT2D eigenvalue weighted by atomic mass is 9.48. The summed E-state index contributed by atoms with van der Waals surface area (Å²) in [5.41, 5.74) is 5.37. The number of para-hydroxylation sites is 1. The third kappa shape index (κ3) is 3.03. The molecule has 1 aromatic carbocycles. The average Bonchev–Trinajstić information content (AvgIpc) is 3.32. The van der Waals surface area contributed by atoms with Crippen LogP contribution in [0.15, 0.2) is 36.5 Å². The summed E-state index contributed by atoms with van der Waals surface area (Å²) in [6.45, 7) is 3.93. The number of aromatic nitrogens is 4. The zero-order chi connectivity index (χ0) is 22.0. The number of nitrogens with zero attached hydrogens (tertiary/aromatic N) is 4. The lowest BCUT2D eigenvalue weighted by molar-refractivity contribution is -0.00765. The molecule has 1 amide bonds. The van der Waals surface area contributed by atoms with Crippen LogP contribution in [0.25, 0.3) is 5.69 Å². The van der Waals surface area contributed by atoms with E-state index < -0.39 is 0 Å². The van der Waals surface area contributed by atoms with Crippen molar-refractivity contribution in [2.75, 3.05) is 5.32 Å². The molecule has 2 aromatic heterocycles. The molecule has 4 aliphatic rings. The first-order valence-corrected chi connectivity index (χ1v) is 11.9. The van der Waals surface area contributed by atoms with Crippen LogP contribution in [0.5, 0.6) is 0 Å². The van der Waals surface area contributed by atoms with Gasteiger partial charge in [-0.1, -0.05) is 18.2 Å². The van der Waals surface area contributed by atoms with E-state index in [4.69, 9.17) is 5.10 Å². The van der Waals surface area contributed by atoms with Crippen molar-refractivity contribution in [3.05, 3.63) is 59.2 Å². The molecule has 0 aliphatic heterocycles. The number of carbonyl (C=O) groups excluding carboxylic acids is 1. The predicted molar refractivity (Wildman–Crippen MR) is 124 cm³/mol. The maximum absolute atomic E-state index is 13.7. The molecular formula is C26H31N5O. The van der Waals surface area contributed by atoms with Gasteiger partial charge in [-0.2, -0.15) is 10.2 Å². The van der Waals surface area contributed by atoms with E-state index in [0.29, 0.717) is 0 Å². The highest BCUT2D eigenvalue weighted by molar-refractivity contribution is 6.05. The Morgan fingerprint density at radius 1 is 1.00 bits per heavy atom. The van der Waals surface area contributed by atoms with Crippen LogP contribution in [-0.2, 0) is 12.5 Å². The highest BCUT2D eigenvalue weighted by atomic mass is 16.1. The molecule has 166 valence electrons. The van der Waals surface area contributed by atoms with E-state index in [1.54, 1.807) is 0 Å². The second-order valence-corrected chi connectivity index (χ2v) is 10.5. The number of aryl methyl sites for hydroxylation is 2. The second kappa shape index (κ2) is 7.06.